The minimum absolute atomic E-state index is 0.311. The molecule has 1 saturated heterocycles. The highest BCUT2D eigenvalue weighted by molar-refractivity contribution is 5.64. The summed E-state index contributed by atoms with van der Waals surface area (Å²) in [5, 5.41) is 3.42. The summed E-state index contributed by atoms with van der Waals surface area (Å²) in [7, 11) is 0. The molecule has 0 bridgehead atoms. The van der Waals surface area contributed by atoms with E-state index in [9.17, 15) is 8.78 Å². The van der Waals surface area contributed by atoms with Gasteiger partial charge in [-0.15, -0.1) is 0 Å². The van der Waals surface area contributed by atoms with Crippen LogP contribution in [0.1, 0.15) is 24.4 Å². The zero-order chi connectivity index (χ0) is 13.2. The van der Waals surface area contributed by atoms with Crippen molar-refractivity contribution in [3.8, 4) is 11.1 Å². The van der Waals surface area contributed by atoms with E-state index >= 15 is 0 Å². The molecule has 0 saturated carbocycles. The average Bonchev–Trinajstić information content (AvgIpc) is 2.96. The maximum Gasteiger partial charge on any atom is 0.166 e. The van der Waals surface area contributed by atoms with E-state index in [2.05, 4.69) is 5.32 Å². The molecule has 0 amide bonds. The smallest absolute Gasteiger partial charge is 0.166 e. The molecule has 1 aliphatic heterocycles. The normalized spacial score (nSPS) is 18.7. The Labute approximate surface area is 111 Å². The molecule has 1 unspecified atom stereocenters. The molecule has 1 N–H and O–H groups in total. The minimum Gasteiger partial charge on any atom is -0.310 e. The quantitative estimate of drug-likeness (QED) is 0.857. The molecule has 1 fully saturated rings. The number of hydrogen-bond acceptors (Lipinski definition) is 1. The van der Waals surface area contributed by atoms with E-state index in [1.807, 2.05) is 24.3 Å². The molecule has 0 spiro atoms. The van der Waals surface area contributed by atoms with Crippen LogP contribution in [0.4, 0.5) is 8.78 Å². The third-order valence-corrected chi connectivity index (χ3v) is 3.64. The molecule has 2 aromatic carbocycles. The third kappa shape index (κ3) is 2.38. The lowest BCUT2D eigenvalue weighted by Crippen LogP contribution is -2.12. The topological polar surface area (TPSA) is 12.0 Å². The molecule has 1 aliphatic rings. The number of hydrogen-bond donors (Lipinski definition) is 1. The highest BCUT2D eigenvalue weighted by atomic mass is 19.2. The van der Waals surface area contributed by atoms with E-state index in [-0.39, 0.29) is 0 Å². The average molecular weight is 259 g/mol. The summed E-state index contributed by atoms with van der Waals surface area (Å²) in [6.07, 6.45) is 2.32. The Bertz CT molecular complexity index is 572. The van der Waals surface area contributed by atoms with Crippen molar-refractivity contribution in [2.75, 3.05) is 6.54 Å². The predicted octanol–water partition coefficient (Wildman–Crippen LogP) is 4.06. The Morgan fingerprint density at radius 1 is 1.00 bits per heavy atom. The van der Waals surface area contributed by atoms with Crippen LogP contribution >= 0.6 is 0 Å². The van der Waals surface area contributed by atoms with Crippen molar-refractivity contribution >= 4 is 0 Å². The lowest BCUT2D eigenvalue weighted by molar-refractivity contribution is 0.511. The van der Waals surface area contributed by atoms with Crippen molar-refractivity contribution in [1.82, 2.24) is 5.32 Å². The van der Waals surface area contributed by atoms with Crippen LogP contribution in [0.2, 0.25) is 0 Å². The highest BCUT2D eigenvalue weighted by Gasteiger charge is 2.16. The lowest BCUT2D eigenvalue weighted by atomic mass is 9.99. The maximum absolute atomic E-state index is 13.7. The summed E-state index contributed by atoms with van der Waals surface area (Å²) in [6, 6.07) is 12.3. The monoisotopic (exact) mass is 259 g/mol. The molecule has 19 heavy (non-hydrogen) atoms. The maximum atomic E-state index is 13.7. The molecule has 1 nitrogen and oxygen atoms in total. The van der Waals surface area contributed by atoms with Gasteiger partial charge in [0.25, 0.3) is 0 Å². The van der Waals surface area contributed by atoms with E-state index in [0.29, 0.717) is 17.2 Å². The van der Waals surface area contributed by atoms with E-state index in [1.165, 1.54) is 18.1 Å². The fourth-order valence-electron chi connectivity index (χ4n) is 2.59. The zero-order valence-electron chi connectivity index (χ0n) is 10.5. The number of halogens is 2. The van der Waals surface area contributed by atoms with Crippen molar-refractivity contribution in [1.29, 1.82) is 0 Å². The molecule has 98 valence electrons. The van der Waals surface area contributed by atoms with Gasteiger partial charge in [0.2, 0.25) is 0 Å². The van der Waals surface area contributed by atoms with E-state index < -0.39 is 11.6 Å². The van der Waals surface area contributed by atoms with E-state index in [1.54, 1.807) is 6.07 Å². The summed E-state index contributed by atoms with van der Waals surface area (Å²) in [6.45, 7) is 1.05. The minimum atomic E-state index is -0.806. The van der Waals surface area contributed by atoms with Gasteiger partial charge >= 0.3 is 0 Å². The third-order valence-electron chi connectivity index (χ3n) is 3.64. The summed E-state index contributed by atoms with van der Waals surface area (Å²) >= 11 is 0. The second-order valence-corrected chi connectivity index (χ2v) is 4.87. The first-order chi connectivity index (χ1) is 9.25. The SMILES string of the molecule is Fc1cccc(-c2ccc(C3CCCN3)cc2)c1F. The summed E-state index contributed by atoms with van der Waals surface area (Å²) in [4.78, 5) is 0. The van der Waals surface area contributed by atoms with Crippen LogP contribution < -0.4 is 5.32 Å². The first-order valence-electron chi connectivity index (χ1n) is 6.53. The molecule has 3 rings (SSSR count). The molecule has 1 atom stereocenters. The van der Waals surface area contributed by atoms with Crippen LogP contribution in [0.15, 0.2) is 42.5 Å². The lowest BCUT2D eigenvalue weighted by Gasteiger charge is -2.11. The number of benzene rings is 2. The van der Waals surface area contributed by atoms with Crippen molar-refractivity contribution < 1.29 is 8.78 Å². The number of rotatable bonds is 2. The molecule has 0 aromatic heterocycles. The molecule has 0 radical (unpaired) electrons. The highest BCUT2D eigenvalue weighted by Crippen LogP contribution is 2.28. The Balaban J connectivity index is 1.91. The van der Waals surface area contributed by atoms with Gasteiger partial charge in [-0.25, -0.2) is 8.78 Å². The van der Waals surface area contributed by atoms with Gasteiger partial charge in [-0.1, -0.05) is 36.4 Å². The Hall–Kier alpha value is -1.74. The van der Waals surface area contributed by atoms with Crippen molar-refractivity contribution in [3.63, 3.8) is 0 Å². The van der Waals surface area contributed by atoms with Crippen molar-refractivity contribution in [3.05, 3.63) is 59.7 Å². The fraction of sp³-hybridized carbons (Fsp3) is 0.250. The molecule has 3 heteroatoms. The van der Waals surface area contributed by atoms with Crippen LogP contribution in [0.5, 0.6) is 0 Å². The molecule has 2 aromatic rings. The fourth-order valence-corrected chi connectivity index (χ4v) is 2.59. The van der Waals surface area contributed by atoms with Crippen LogP contribution in [-0.4, -0.2) is 6.54 Å². The van der Waals surface area contributed by atoms with Crippen LogP contribution in [0.25, 0.3) is 11.1 Å². The molecule has 1 heterocycles. The zero-order valence-corrected chi connectivity index (χ0v) is 10.5. The van der Waals surface area contributed by atoms with Crippen molar-refractivity contribution in [2.45, 2.75) is 18.9 Å². The van der Waals surface area contributed by atoms with E-state index in [0.717, 1.165) is 19.0 Å². The predicted molar refractivity (Wildman–Crippen MR) is 71.8 cm³/mol. The standard InChI is InChI=1S/C16H15F2N/c17-14-4-1-3-13(16(14)18)11-6-8-12(9-7-11)15-5-2-10-19-15/h1,3-4,6-9,15,19H,2,5,10H2. The first-order valence-corrected chi connectivity index (χ1v) is 6.53. The van der Waals surface area contributed by atoms with Crippen LogP contribution in [0, 0.1) is 11.6 Å². The van der Waals surface area contributed by atoms with Gasteiger partial charge in [0.1, 0.15) is 0 Å². The summed E-state index contributed by atoms with van der Waals surface area (Å²) in [5.74, 6) is -1.59. The Morgan fingerprint density at radius 3 is 2.47 bits per heavy atom. The van der Waals surface area contributed by atoms with E-state index in [4.69, 9.17) is 0 Å². The second-order valence-electron chi connectivity index (χ2n) is 4.87. The van der Waals surface area contributed by atoms with Gasteiger partial charge in [0, 0.05) is 11.6 Å². The largest absolute Gasteiger partial charge is 0.310 e. The van der Waals surface area contributed by atoms with Crippen LogP contribution in [-0.2, 0) is 0 Å². The van der Waals surface area contributed by atoms with Crippen LogP contribution in [0.3, 0.4) is 0 Å². The first kappa shape index (κ1) is 12.3. The summed E-state index contributed by atoms with van der Waals surface area (Å²) in [5.41, 5.74) is 2.22. The van der Waals surface area contributed by atoms with Gasteiger partial charge in [0.05, 0.1) is 0 Å². The Morgan fingerprint density at radius 2 is 1.79 bits per heavy atom. The van der Waals surface area contributed by atoms with Gasteiger partial charge in [-0.05, 0) is 36.6 Å². The van der Waals surface area contributed by atoms with Gasteiger partial charge in [-0.2, -0.15) is 0 Å². The van der Waals surface area contributed by atoms with Gasteiger partial charge in [0.15, 0.2) is 11.6 Å². The number of nitrogens with one attached hydrogen (secondary N) is 1. The van der Waals surface area contributed by atoms with Gasteiger partial charge in [-0.3, -0.25) is 0 Å². The molecular formula is C16H15F2N. The molecular weight excluding hydrogens is 244 g/mol. The van der Waals surface area contributed by atoms with Crippen molar-refractivity contribution in [2.24, 2.45) is 0 Å². The second kappa shape index (κ2) is 5.10. The molecule has 0 aliphatic carbocycles. The Kier molecular flexibility index (Phi) is 3.30. The van der Waals surface area contributed by atoms with Gasteiger partial charge < -0.3 is 5.32 Å². The summed E-state index contributed by atoms with van der Waals surface area (Å²) < 4.78 is 26.9.